The van der Waals surface area contributed by atoms with E-state index in [1.54, 1.807) is 24.1 Å². The van der Waals surface area contributed by atoms with Crippen molar-refractivity contribution in [2.75, 3.05) is 4.90 Å². The van der Waals surface area contributed by atoms with E-state index in [2.05, 4.69) is 26.1 Å². The molecule has 3 rings (SSSR count). The first-order chi connectivity index (χ1) is 11.1. The van der Waals surface area contributed by atoms with Gasteiger partial charge in [-0.3, -0.25) is 14.7 Å². The number of anilines is 1. The van der Waals surface area contributed by atoms with E-state index in [1.807, 2.05) is 42.5 Å². The number of halogens is 1. The van der Waals surface area contributed by atoms with Crippen LogP contribution in [0.1, 0.15) is 21.9 Å². The van der Waals surface area contributed by atoms with Crippen LogP contribution in [0.2, 0.25) is 0 Å². The fourth-order valence-corrected chi connectivity index (χ4v) is 2.42. The molecule has 2 aromatic heterocycles. The molecular formula is C17H14BrN3O2. The van der Waals surface area contributed by atoms with E-state index in [0.29, 0.717) is 12.2 Å². The van der Waals surface area contributed by atoms with Gasteiger partial charge in [-0.15, -0.1) is 0 Å². The fourth-order valence-electron chi connectivity index (χ4n) is 2.15. The zero-order chi connectivity index (χ0) is 16.2. The van der Waals surface area contributed by atoms with E-state index < -0.39 is 0 Å². The Morgan fingerprint density at radius 3 is 2.61 bits per heavy atom. The number of rotatable bonds is 4. The molecule has 0 spiro atoms. The standard InChI is InChI=1S/C17H14BrN3O2/c1-12-10-16(23-20-12)17(22)21(11-14-4-2-3-9-19-14)15-7-5-13(18)6-8-15/h2-10H,11H2,1H3. The lowest BCUT2D eigenvalue weighted by Gasteiger charge is -2.21. The van der Waals surface area contributed by atoms with Crippen LogP contribution in [0.4, 0.5) is 5.69 Å². The van der Waals surface area contributed by atoms with Crippen molar-refractivity contribution < 1.29 is 9.32 Å². The first-order valence-electron chi connectivity index (χ1n) is 7.04. The number of carbonyl (C=O) groups excluding carboxylic acids is 1. The molecule has 0 aliphatic carbocycles. The predicted octanol–water partition coefficient (Wildman–Crippen LogP) is 3.99. The van der Waals surface area contributed by atoms with Gasteiger partial charge in [-0.25, -0.2) is 0 Å². The van der Waals surface area contributed by atoms with Crippen LogP contribution >= 0.6 is 15.9 Å². The van der Waals surface area contributed by atoms with Crippen LogP contribution in [0.5, 0.6) is 0 Å². The van der Waals surface area contributed by atoms with Crippen LogP contribution in [0.3, 0.4) is 0 Å². The molecule has 0 saturated carbocycles. The summed E-state index contributed by atoms with van der Waals surface area (Å²) in [5.41, 5.74) is 2.22. The molecule has 23 heavy (non-hydrogen) atoms. The molecule has 0 atom stereocenters. The molecule has 0 bridgehead atoms. The van der Waals surface area contributed by atoms with Gasteiger partial charge < -0.3 is 4.52 Å². The van der Waals surface area contributed by atoms with Gasteiger partial charge in [-0.05, 0) is 43.3 Å². The summed E-state index contributed by atoms with van der Waals surface area (Å²) < 4.78 is 6.07. The van der Waals surface area contributed by atoms with Crippen molar-refractivity contribution in [1.82, 2.24) is 10.1 Å². The molecule has 0 fully saturated rings. The summed E-state index contributed by atoms with van der Waals surface area (Å²) in [5.74, 6) is -0.0417. The Morgan fingerprint density at radius 2 is 2.00 bits per heavy atom. The molecule has 0 aliphatic rings. The van der Waals surface area contributed by atoms with Gasteiger partial charge in [0, 0.05) is 22.4 Å². The highest BCUT2D eigenvalue weighted by atomic mass is 79.9. The number of aryl methyl sites for hydroxylation is 1. The van der Waals surface area contributed by atoms with E-state index in [0.717, 1.165) is 15.9 Å². The van der Waals surface area contributed by atoms with Gasteiger partial charge in [0.05, 0.1) is 17.9 Å². The molecule has 0 N–H and O–H groups in total. The van der Waals surface area contributed by atoms with Crippen molar-refractivity contribution in [2.24, 2.45) is 0 Å². The summed E-state index contributed by atoms with van der Waals surface area (Å²) in [4.78, 5) is 18.7. The van der Waals surface area contributed by atoms with Gasteiger partial charge in [0.1, 0.15) is 0 Å². The zero-order valence-corrected chi connectivity index (χ0v) is 14.0. The van der Waals surface area contributed by atoms with Crippen molar-refractivity contribution in [3.63, 3.8) is 0 Å². The van der Waals surface area contributed by atoms with Crippen molar-refractivity contribution in [3.8, 4) is 0 Å². The first-order valence-corrected chi connectivity index (χ1v) is 7.83. The Labute approximate surface area is 142 Å². The van der Waals surface area contributed by atoms with Crippen LogP contribution in [0, 0.1) is 6.92 Å². The highest BCUT2D eigenvalue weighted by molar-refractivity contribution is 9.10. The average Bonchev–Trinajstić information content (AvgIpc) is 3.00. The Hall–Kier alpha value is -2.47. The third-order valence-corrected chi connectivity index (χ3v) is 3.80. The lowest BCUT2D eigenvalue weighted by Crippen LogP contribution is -2.30. The summed E-state index contributed by atoms with van der Waals surface area (Å²) in [6.07, 6.45) is 1.71. The molecule has 1 aromatic carbocycles. The third-order valence-electron chi connectivity index (χ3n) is 3.27. The second-order valence-corrected chi connectivity index (χ2v) is 5.94. The Morgan fingerprint density at radius 1 is 1.22 bits per heavy atom. The van der Waals surface area contributed by atoms with E-state index in [9.17, 15) is 4.79 Å². The predicted molar refractivity (Wildman–Crippen MR) is 90.1 cm³/mol. The monoisotopic (exact) mass is 371 g/mol. The molecule has 1 amide bonds. The lowest BCUT2D eigenvalue weighted by molar-refractivity contribution is 0.0949. The number of hydrogen-bond donors (Lipinski definition) is 0. The van der Waals surface area contributed by atoms with E-state index in [4.69, 9.17) is 4.52 Å². The third kappa shape index (κ3) is 3.65. The molecular weight excluding hydrogens is 358 g/mol. The number of amides is 1. The minimum absolute atomic E-state index is 0.210. The molecule has 0 unspecified atom stereocenters. The maximum Gasteiger partial charge on any atom is 0.297 e. The number of aromatic nitrogens is 2. The fraction of sp³-hybridized carbons (Fsp3) is 0.118. The van der Waals surface area contributed by atoms with Gasteiger partial charge in [-0.2, -0.15) is 0 Å². The van der Waals surface area contributed by atoms with Crippen molar-refractivity contribution >= 4 is 27.5 Å². The lowest BCUT2D eigenvalue weighted by atomic mass is 10.2. The van der Waals surface area contributed by atoms with Gasteiger partial charge in [-0.1, -0.05) is 27.2 Å². The van der Waals surface area contributed by atoms with Crippen molar-refractivity contribution in [1.29, 1.82) is 0 Å². The van der Waals surface area contributed by atoms with Crippen LogP contribution in [-0.4, -0.2) is 16.0 Å². The first kappa shape index (κ1) is 15.4. The quantitative estimate of drug-likeness (QED) is 0.695. The van der Waals surface area contributed by atoms with E-state index in [1.165, 1.54) is 0 Å². The van der Waals surface area contributed by atoms with Crippen LogP contribution in [0.15, 0.2) is 63.7 Å². The normalized spacial score (nSPS) is 10.5. The second-order valence-electron chi connectivity index (χ2n) is 5.02. The van der Waals surface area contributed by atoms with E-state index >= 15 is 0 Å². The number of benzene rings is 1. The van der Waals surface area contributed by atoms with Crippen LogP contribution in [0.25, 0.3) is 0 Å². The molecule has 2 heterocycles. The maximum atomic E-state index is 12.8. The minimum atomic E-state index is -0.251. The Bertz CT molecular complexity index is 800. The zero-order valence-electron chi connectivity index (χ0n) is 12.4. The minimum Gasteiger partial charge on any atom is -0.351 e. The van der Waals surface area contributed by atoms with Crippen molar-refractivity contribution in [3.05, 3.63) is 76.3 Å². The largest absolute Gasteiger partial charge is 0.351 e. The average molecular weight is 372 g/mol. The molecule has 0 aliphatic heterocycles. The number of carbonyl (C=O) groups is 1. The molecule has 0 radical (unpaired) electrons. The second kappa shape index (κ2) is 6.75. The Kier molecular flexibility index (Phi) is 4.52. The molecule has 3 aromatic rings. The van der Waals surface area contributed by atoms with Gasteiger partial charge >= 0.3 is 0 Å². The SMILES string of the molecule is Cc1cc(C(=O)N(Cc2ccccn2)c2ccc(Br)cc2)on1. The van der Waals surface area contributed by atoms with Crippen LogP contribution < -0.4 is 4.90 Å². The summed E-state index contributed by atoms with van der Waals surface area (Å²) in [6, 6.07) is 14.8. The van der Waals surface area contributed by atoms with Gasteiger partial charge in [0.25, 0.3) is 5.91 Å². The number of hydrogen-bond acceptors (Lipinski definition) is 4. The molecule has 116 valence electrons. The maximum absolute atomic E-state index is 12.8. The molecule has 6 heteroatoms. The van der Waals surface area contributed by atoms with Gasteiger partial charge in [0.15, 0.2) is 0 Å². The summed E-state index contributed by atoms with van der Waals surface area (Å²) in [5, 5.41) is 3.79. The smallest absolute Gasteiger partial charge is 0.297 e. The van der Waals surface area contributed by atoms with E-state index in [-0.39, 0.29) is 11.7 Å². The Balaban J connectivity index is 1.95. The summed E-state index contributed by atoms with van der Waals surface area (Å²) in [7, 11) is 0. The number of pyridine rings is 1. The topological polar surface area (TPSA) is 59.2 Å². The van der Waals surface area contributed by atoms with Crippen LogP contribution in [-0.2, 0) is 6.54 Å². The van der Waals surface area contributed by atoms with Gasteiger partial charge in [0.2, 0.25) is 5.76 Å². The number of nitrogens with zero attached hydrogens (tertiary/aromatic N) is 3. The molecule has 0 saturated heterocycles. The van der Waals surface area contributed by atoms with Crippen molar-refractivity contribution in [2.45, 2.75) is 13.5 Å². The summed E-state index contributed by atoms with van der Waals surface area (Å²) in [6.45, 7) is 2.13. The highest BCUT2D eigenvalue weighted by Crippen LogP contribution is 2.22. The summed E-state index contributed by atoms with van der Waals surface area (Å²) >= 11 is 3.40. The molecule has 5 nitrogen and oxygen atoms in total. The highest BCUT2D eigenvalue weighted by Gasteiger charge is 2.22.